The van der Waals surface area contributed by atoms with Crippen molar-refractivity contribution in [1.29, 1.82) is 0 Å². The largest absolute Gasteiger partial charge is 0.491 e. The zero-order chi connectivity index (χ0) is 13.7. The first-order valence-electron chi connectivity index (χ1n) is 6.52. The van der Waals surface area contributed by atoms with Crippen molar-refractivity contribution in [2.75, 3.05) is 39.5 Å². The van der Waals surface area contributed by atoms with Gasteiger partial charge >= 0.3 is 0 Å². The van der Waals surface area contributed by atoms with Gasteiger partial charge in [-0.15, -0.1) is 0 Å². The zero-order valence-electron chi connectivity index (χ0n) is 11.1. The second-order valence-corrected chi connectivity index (χ2v) is 4.79. The van der Waals surface area contributed by atoms with Crippen molar-refractivity contribution >= 4 is 0 Å². The third-order valence-electron chi connectivity index (χ3n) is 3.16. The van der Waals surface area contributed by atoms with E-state index < -0.39 is 6.10 Å². The Kier molecular flexibility index (Phi) is 5.13. The number of nitrogens with zero attached hydrogens (tertiary/aromatic N) is 1. The SMILES string of the molecule is Cc1ccc(OC[C@H](O)CN2CCOCC2)cc1F. The number of aliphatic hydroxyl groups is 1. The van der Waals surface area contributed by atoms with Crippen LogP contribution in [-0.4, -0.2) is 55.6 Å². The van der Waals surface area contributed by atoms with Crippen molar-refractivity contribution in [2.45, 2.75) is 13.0 Å². The van der Waals surface area contributed by atoms with Crippen LogP contribution < -0.4 is 4.74 Å². The quantitative estimate of drug-likeness (QED) is 0.872. The molecule has 1 aromatic rings. The summed E-state index contributed by atoms with van der Waals surface area (Å²) in [5.74, 6) is 0.157. The molecule has 0 aromatic heterocycles. The minimum absolute atomic E-state index is 0.167. The van der Waals surface area contributed by atoms with Gasteiger partial charge in [0.1, 0.15) is 24.3 Å². The van der Waals surface area contributed by atoms with Crippen LogP contribution in [-0.2, 0) is 4.74 Å². The number of benzene rings is 1. The summed E-state index contributed by atoms with van der Waals surface area (Å²) in [6.45, 7) is 5.49. The topological polar surface area (TPSA) is 41.9 Å². The molecule has 0 unspecified atom stereocenters. The molecule has 1 heterocycles. The molecular weight excluding hydrogens is 249 g/mol. The molecule has 1 aromatic carbocycles. The van der Waals surface area contributed by atoms with E-state index in [1.165, 1.54) is 6.07 Å². The lowest BCUT2D eigenvalue weighted by Gasteiger charge is -2.28. The highest BCUT2D eigenvalue weighted by molar-refractivity contribution is 5.27. The van der Waals surface area contributed by atoms with E-state index in [0.717, 1.165) is 13.1 Å². The smallest absolute Gasteiger partial charge is 0.129 e. The summed E-state index contributed by atoms with van der Waals surface area (Å²) in [6, 6.07) is 4.72. The van der Waals surface area contributed by atoms with Crippen molar-refractivity contribution in [1.82, 2.24) is 4.90 Å². The molecule has 1 saturated heterocycles. The molecule has 1 N–H and O–H groups in total. The lowest BCUT2D eigenvalue weighted by molar-refractivity contribution is 0.00462. The normalized spacial score (nSPS) is 18.3. The van der Waals surface area contributed by atoms with Crippen molar-refractivity contribution in [3.63, 3.8) is 0 Å². The van der Waals surface area contributed by atoms with E-state index in [1.54, 1.807) is 19.1 Å². The van der Waals surface area contributed by atoms with E-state index in [2.05, 4.69) is 4.90 Å². The molecular formula is C14H20FNO3. The molecule has 5 heteroatoms. The maximum absolute atomic E-state index is 13.3. The Morgan fingerprint density at radius 3 is 2.84 bits per heavy atom. The number of β-amino-alcohol motifs (C(OH)–C–C–N with tert-alkyl or cyclic N) is 1. The number of rotatable bonds is 5. The Bertz CT molecular complexity index is 408. The van der Waals surface area contributed by atoms with Gasteiger partial charge in [0.15, 0.2) is 0 Å². The Labute approximate surface area is 112 Å². The van der Waals surface area contributed by atoms with E-state index in [1.807, 2.05) is 0 Å². The highest BCUT2D eigenvalue weighted by atomic mass is 19.1. The Morgan fingerprint density at radius 1 is 1.42 bits per heavy atom. The predicted molar refractivity (Wildman–Crippen MR) is 69.9 cm³/mol. The van der Waals surface area contributed by atoms with Gasteiger partial charge in [0, 0.05) is 25.7 Å². The molecule has 2 rings (SSSR count). The molecule has 106 valence electrons. The van der Waals surface area contributed by atoms with Crippen molar-refractivity contribution < 1.29 is 19.0 Å². The molecule has 1 aliphatic heterocycles. The summed E-state index contributed by atoms with van der Waals surface area (Å²) in [7, 11) is 0. The van der Waals surface area contributed by atoms with Crippen LogP contribution >= 0.6 is 0 Å². The minimum atomic E-state index is -0.581. The first-order chi connectivity index (χ1) is 9.15. The molecule has 0 saturated carbocycles. The lowest BCUT2D eigenvalue weighted by atomic mass is 10.2. The van der Waals surface area contributed by atoms with Gasteiger partial charge in [-0.05, 0) is 18.6 Å². The van der Waals surface area contributed by atoms with E-state index in [9.17, 15) is 9.50 Å². The number of aliphatic hydroxyl groups excluding tert-OH is 1. The summed E-state index contributed by atoms with van der Waals surface area (Å²) in [5, 5.41) is 9.89. The van der Waals surface area contributed by atoms with Crippen molar-refractivity contribution in [2.24, 2.45) is 0 Å². The second kappa shape index (κ2) is 6.84. The van der Waals surface area contributed by atoms with Gasteiger partial charge in [0.2, 0.25) is 0 Å². The minimum Gasteiger partial charge on any atom is -0.491 e. The van der Waals surface area contributed by atoms with Crippen LogP contribution in [0.1, 0.15) is 5.56 Å². The predicted octanol–water partition coefficient (Wildman–Crippen LogP) is 1.21. The van der Waals surface area contributed by atoms with Crippen LogP contribution in [0.5, 0.6) is 5.75 Å². The lowest BCUT2D eigenvalue weighted by Crippen LogP contribution is -2.42. The van der Waals surface area contributed by atoms with Crippen LogP contribution in [0.4, 0.5) is 4.39 Å². The monoisotopic (exact) mass is 269 g/mol. The van der Waals surface area contributed by atoms with Gasteiger partial charge in [-0.3, -0.25) is 4.90 Å². The van der Waals surface area contributed by atoms with Crippen LogP contribution in [0.2, 0.25) is 0 Å². The maximum atomic E-state index is 13.3. The highest BCUT2D eigenvalue weighted by Gasteiger charge is 2.15. The van der Waals surface area contributed by atoms with Crippen molar-refractivity contribution in [3.05, 3.63) is 29.6 Å². The first kappa shape index (κ1) is 14.2. The third-order valence-corrected chi connectivity index (χ3v) is 3.16. The molecule has 0 bridgehead atoms. The standard InChI is InChI=1S/C14H20FNO3/c1-11-2-3-13(8-14(11)15)19-10-12(17)9-16-4-6-18-7-5-16/h2-3,8,12,17H,4-7,9-10H2,1H3/t12-/m1/s1. The molecule has 0 spiro atoms. The Balaban J connectivity index is 1.75. The summed E-state index contributed by atoms with van der Waals surface area (Å²) in [6.07, 6.45) is -0.581. The Morgan fingerprint density at radius 2 is 2.16 bits per heavy atom. The summed E-state index contributed by atoms with van der Waals surface area (Å²) in [4.78, 5) is 2.13. The molecule has 0 amide bonds. The number of ether oxygens (including phenoxy) is 2. The van der Waals surface area contributed by atoms with Gasteiger partial charge < -0.3 is 14.6 Å². The number of halogens is 1. The summed E-state index contributed by atoms with van der Waals surface area (Å²) < 4.78 is 23.9. The van der Waals surface area contributed by atoms with E-state index >= 15 is 0 Å². The fraction of sp³-hybridized carbons (Fsp3) is 0.571. The Hall–Kier alpha value is -1.17. The van der Waals surface area contributed by atoms with Gasteiger partial charge in [-0.2, -0.15) is 0 Å². The molecule has 4 nitrogen and oxygen atoms in total. The maximum Gasteiger partial charge on any atom is 0.129 e. The fourth-order valence-electron chi connectivity index (χ4n) is 1.99. The first-order valence-corrected chi connectivity index (χ1v) is 6.52. The number of morpholine rings is 1. The van der Waals surface area contributed by atoms with Gasteiger partial charge in [0.25, 0.3) is 0 Å². The third kappa shape index (κ3) is 4.45. The highest BCUT2D eigenvalue weighted by Crippen LogP contribution is 2.16. The van der Waals surface area contributed by atoms with Gasteiger partial charge in [-0.25, -0.2) is 4.39 Å². The van der Waals surface area contributed by atoms with Crippen LogP contribution in [0.3, 0.4) is 0 Å². The number of hydrogen-bond acceptors (Lipinski definition) is 4. The molecule has 0 radical (unpaired) electrons. The number of hydrogen-bond donors (Lipinski definition) is 1. The van der Waals surface area contributed by atoms with E-state index in [-0.39, 0.29) is 12.4 Å². The van der Waals surface area contributed by atoms with Crippen LogP contribution in [0.25, 0.3) is 0 Å². The van der Waals surface area contributed by atoms with Crippen LogP contribution in [0.15, 0.2) is 18.2 Å². The second-order valence-electron chi connectivity index (χ2n) is 4.79. The van der Waals surface area contributed by atoms with Gasteiger partial charge in [0.05, 0.1) is 13.2 Å². The molecule has 19 heavy (non-hydrogen) atoms. The fourth-order valence-corrected chi connectivity index (χ4v) is 1.99. The van der Waals surface area contributed by atoms with E-state index in [0.29, 0.717) is 31.1 Å². The average Bonchev–Trinajstić information content (AvgIpc) is 2.41. The van der Waals surface area contributed by atoms with Gasteiger partial charge in [-0.1, -0.05) is 6.07 Å². The molecule has 0 aliphatic carbocycles. The number of aryl methyl sites for hydroxylation is 1. The average molecular weight is 269 g/mol. The van der Waals surface area contributed by atoms with E-state index in [4.69, 9.17) is 9.47 Å². The molecule has 1 atom stereocenters. The molecule has 1 fully saturated rings. The van der Waals surface area contributed by atoms with Crippen LogP contribution in [0, 0.1) is 12.7 Å². The zero-order valence-corrected chi connectivity index (χ0v) is 11.1. The summed E-state index contributed by atoms with van der Waals surface area (Å²) >= 11 is 0. The van der Waals surface area contributed by atoms with Crippen molar-refractivity contribution in [3.8, 4) is 5.75 Å². The summed E-state index contributed by atoms with van der Waals surface area (Å²) in [5.41, 5.74) is 0.584. The molecule has 1 aliphatic rings.